The SMILES string of the molecule is Clc1ccc2c(c1)n[c]n2-c1cccc2ccccc12. The minimum absolute atomic E-state index is 0.689. The average molecular weight is 278 g/mol. The minimum Gasteiger partial charge on any atom is -0.289 e. The largest absolute Gasteiger partial charge is 0.289 e. The van der Waals surface area contributed by atoms with E-state index < -0.39 is 0 Å². The van der Waals surface area contributed by atoms with Crippen LogP contribution in [0.3, 0.4) is 0 Å². The lowest BCUT2D eigenvalue weighted by molar-refractivity contribution is 1.09. The molecule has 1 aromatic heterocycles. The zero-order valence-electron chi connectivity index (χ0n) is 10.5. The predicted octanol–water partition coefficient (Wildman–Crippen LogP) is 4.63. The summed E-state index contributed by atoms with van der Waals surface area (Å²) < 4.78 is 1.98. The van der Waals surface area contributed by atoms with Crippen LogP contribution in [0.5, 0.6) is 0 Å². The van der Waals surface area contributed by atoms with Gasteiger partial charge >= 0.3 is 0 Å². The second-order valence-corrected chi connectivity index (χ2v) is 5.11. The second kappa shape index (κ2) is 4.36. The maximum absolute atomic E-state index is 6.01. The van der Waals surface area contributed by atoms with E-state index in [1.807, 2.05) is 41.0 Å². The van der Waals surface area contributed by atoms with Crippen LogP contribution in [0.1, 0.15) is 0 Å². The van der Waals surface area contributed by atoms with E-state index in [1.54, 1.807) is 0 Å². The van der Waals surface area contributed by atoms with Crippen molar-refractivity contribution < 1.29 is 0 Å². The molecule has 1 radical (unpaired) electrons. The maximum Gasteiger partial charge on any atom is 0.182 e. The lowest BCUT2D eigenvalue weighted by atomic mass is 10.1. The molecule has 0 aliphatic carbocycles. The van der Waals surface area contributed by atoms with E-state index in [1.165, 1.54) is 10.8 Å². The molecule has 0 amide bonds. The van der Waals surface area contributed by atoms with Crippen molar-refractivity contribution in [3.63, 3.8) is 0 Å². The lowest BCUT2D eigenvalue weighted by Crippen LogP contribution is -1.93. The Labute approximate surface area is 121 Å². The zero-order chi connectivity index (χ0) is 13.5. The summed E-state index contributed by atoms with van der Waals surface area (Å²) in [5.74, 6) is 0. The number of aromatic nitrogens is 2. The van der Waals surface area contributed by atoms with E-state index in [0.29, 0.717) is 5.02 Å². The van der Waals surface area contributed by atoms with Gasteiger partial charge in [0.1, 0.15) is 0 Å². The van der Waals surface area contributed by atoms with Gasteiger partial charge in [-0.2, -0.15) is 0 Å². The van der Waals surface area contributed by atoms with Gasteiger partial charge in [-0.15, -0.1) is 0 Å². The van der Waals surface area contributed by atoms with Gasteiger partial charge in [-0.3, -0.25) is 4.57 Å². The molecule has 0 aliphatic rings. The number of nitrogens with zero attached hydrogens (tertiary/aromatic N) is 2. The number of hydrogen-bond donors (Lipinski definition) is 0. The van der Waals surface area contributed by atoms with Crippen molar-refractivity contribution in [2.24, 2.45) is 0 Å². The third kappa shape index (κ3) is 1.69. The summed E-state index contributed by atoms with van der Waals surface area (Å²) in [5.41, 5.74) is 2.93. The van der Waals surface area contributed by atoms with Crippen LogP contribution in [-0.4, -0.2) is 9.55 Å². The van der Waals surface area contributed by atoms with Crippen LogP contribution in [0.15, 0.2) is 60.7 Å². The van der Waals surface area contributed by atoms with Crippen molar-refractivity contribution in [2.45, 2.75) is 0 Å². The molecule has 3 aromatic carbocycles. The lowest BCUT2D eigenvalue weighted by Gasteiger charge is -2.08. The van der Waals surface area contributed by atoms with Crippen LogP contribution in [0, 0.1) is 6.33 Å². The number of halogens is 1. The quantitative estimate of drug-likeness (QED) is 0.496. The summed E-state index contributed by atoms with van der Waals surface area (Å²) in [4.78, 5) is 4.32. The highest BCUT2D eigenvalue weighted by molar-refractivity contribution is 6.31. The van der Waals surface area contributed by atoms with Gasteiger partial charge in [0.2, 0.25) is 0 Å². The number of imidazole rings is 1. The van der Waals surface area contributed by atoms with Gasteiger partial charge < -0.3 is 0 Å². The third-order valence-electron chi connectivity index (χ3n) is 3.46. The molecular formula is C17H10ClN2. The van der Waals surface area contributed by atoms with Gasteiger partial charge in [-0.25, -0.2) is 4.98 Å². The van der Waals surface area contributed by atoms with Crippen LogP contribution < -0.4 is 0 Å². The zero-order valence-corrected chi connectivity index (χ0v) is 11.3. The molecule has 2 nitrogen and oxygen atoms in total. The van der Waals surface area contributed by atoms with E-state index in [4.69, 9.17) is 11.6 Å². The van der Waals surface area contributed by atoms with Crippen LogP contribution in [0.2, 0.25) is 5.02 Å². The highest BCUT2D eigenvalue weighted by atomic mass is 35.5. The van der Waals surface area contributed by atoms with Gasteiger partial charge in [0.25, 0.3) is 0 Å². The molecule has 0 aliphatic heterocycles. The molecule has 1 heterocycles. The first-order valence-electron chi connectivity index (χ1n) is 6.37. The molecule has 0 spiro atoms. The molecule has 0 N–H and O–H groups in total. The molecule has 4 aromatic rings. The molecule has 95 valence electrons. The van der Waals surface area contributed by atoms with E-state index in [2.05, 4.69) is 35.6 Å². The fourth-order valence-electron chi connectivity index (χ4n) is 2.52. The summed E-state index contributed by atoms with van der Waals surface area (Å²) in [7, 11) is 0. The molecule has 4 rings (SSSR count). The number of benzene rings is 3. The van der Waals surface area contributed by atoms with Crippen LogP contribution >= 0.6 is 11.6 Å². The van der Waals surface area contributed by atoms with Crippen molar-refractivity contribution in [2.75, 3.05) is 0 Å². The van der Waals surface area contributed by atoms with E-state index in [0.717, 1.165) is 16.7 Å². The molecule has 0 fully saturated rings. The van der Waals surface area contributed by atoms with Crippen molar-refractivity contribution in [1.29, 1.82) is 0 Å². The van der Waals surface area contributed by atoms with Gasteiger partial charge in [0.15, 0.2) is 6.33 Å². The highest BCUT2D eigenvalue weighted by Gasteiger charge is 2.08. The fraction of sp³-hybridized carbons (Fsp3) is 0. The van der Waals surface area contributed by atoms with E-state index in [9.17, 15) is 0 Å². The highest BCUT2D eigenvalue weighted by Crippen LogP contribution is 2.26. The predicted molar refractivity (Wildman–Crippen MR) is 82.4 cm³/mol. The smallest absolute Gasteiger partial charge is 0.182 e. The first kappa shape index (κ1) is 11.5. The van der Waals surface area contributed by atoms with Crippen molar-refractivity contribution in [3.8, 4) is 5.69 Å². The Kier molecular flexibility index (Phi) is 2.51. The summed E-state index contributed by atoms with van der Waals surface area (Å²) in [6.07, 6.45) is 3.06. The monoisotopic (exact) mass is 277 g/mol. The summed E-state index contributed by atoms with van der Waals surface area (Å²) in [6.45, 7) is 0. The minimum atomic E-state index is 0.689. The van der Waals surface area contributed by atoms with E-state index >= 15 is 0 Å². The van der Waals surface area contributed by atoms with Crippen molar-refractivity contribution in [3.05, 3.63) is 72.0 Å². The van der Waals surface area contributed by atoms with Crippen molar-refractivity contribution in [1.82, 2.24) is 9.55 Å². The molecule has 0 atom stereocenters. The van der Waals surface area contributed by atoms with Crippen LogP contribution in [0.4, 0.5) is 0 Å². The van der Waals surface area contributed by atoms with E-state index in [-0.39, 0.29) is 0 Å². The first-order valence-corrected chi connectivity index (χ1v) is 6.74. The van der Waals surface area contributed by atoms with Gasteiger partial charge in [0.05, 0.1) is 16.7 Å². The molecule has 20 heavy (non-hydrogen) atoms. The molecule has 0 unspecified atom stereocenters. The molecule has 0 saturated carbocycles. The van der Waals surface area contributed by atoms with Crippen molar-refractivity contribution >= 4 is 33.4 Å². The Bertz CT molecular complexity index is 919. The molecule has 3 heteroatoms. The Morgan fingerprint density at radius 2 is 1.80 bits per heavy atom. The Morgan fingerprint density at radius 3 is 2.75 bits per heavy atom. The third-order valence-corrected chi connectivity index (χ3v) is 3.69. The Balaban J connectivity index is 2.06. The second-order valence-electron chi connectivity index (χ2n) is 4.68. The molecule has 0 saturated heterocycles. The number of fused-ring (bicyclic) bond motifs is 2. The first-order chi connectivity index (χ1) is 9.83. The summed E-state index contributed by atoms with van der Waals surface area (Å²) >= 11 is 6.01. The van der Waals surface area contributed by atoms with Crippen LogP contribution in [-0.2, 0) is 0 Å². The van der Waals surface area contributed by atoms with Gasteiger partial charge in [0, 0.05) is 10.4 Å². The summed E-state index contributed by atoms with van der Waals surface area (Å²) in [5, 5.41) is 3.07. The fourth-order valence-corrected chi connectivity index (χ4v) is 2.69. The Morgan fingerprint density at radius 1 is 0.950 bits per heavy atom. The van der Waals surface area contributed by atoms with Gasteiger partial charge in [-0.05, 0) is 29.7 Å². The molecule has 0 bridgehead atoms. The molecular weight excluding hydrogens is 268 g/mol. The topological polar surface area (TPSA) is 17.8 Å². The normalized spacial score (nSPS) is 11.2. The van der Waals surface area contributed by atoms with Gasteiger partial charge in [-0.1, -0.05) is 48.0 Å². The summed E-state index contributed by atoms with van der Waals surface area (Å²) in [6, 6.07) is 20.2. The maximum atomic E-state index is 6.01. The number of rotatable bonds is 1. The standard InChI is InChI=1S/C17H10ClN2/c18-13-8-9-17-15(10-13)19-11-20(17)16-7-3-5-12-4-1-2-6-14(12)16/h1-10H. The number of hydrogen-bond acceptors (Lipinski definition) is 1. The average Bonchev–Trinajstić information content (AvgIpc) is 2.89. The Hall–Kier alpha value is -2.32. The van der Waals surface area contributed by atoms with Crippen LogP contribution in [0.25, 0.3) is 27.5 Å².